The fraction of sp³-hybridized carbons (Fsp3) is 0.588. The third-order valence-electron chi connectivity index (χ3n) is 4.94. The first-order chi connectivity index (χ1) is 12.4. The summed E-state index contributed by atoms with van der Waals surface area (Å²) in [5.74, 6) is 0.707. The molecule has 0 spiro atoms. The molecule has 1 atom stereocenters. The number of hydrogen-bond acceptors (Lipinski definition) is 5. The van der Waals surface area contributed by atoms with Crippen LogP contribution in [-0.4, -0.2) is 39.6 Å². The molecule has 0 aliphatic heterocycles. The second-order valence-corrected chi connectivity index (χ2v) is 9.10. The van der Waals surface area contributed by atoms with Gasteiger partial charge in [0.15, 0.2) is 15.7 Å². The van der Waals surface area contributed by atoms with Gasteiger partial charge in [0.1, 0.15) is 10.9 Å². The third-order valence-corrected chi connectivity index (χ3v) is 6.62. The molecule has 1 saturated carbocycles. The highest BCUT2D eigenvalue weighted by Crippen LogP contribution is 2.32. The SMILES string of the molecule is CCS(=O)(=O)c1cnn([C@@H](CC2CCCC2)C(=O)Nc2ccn(C)n2)c1. The summed E-state index contributed by atoms with van der Waals surface area (Å²) in [5.41, 5.74) is 0. The molecule has 1 aliphatic rings. The van der Waals surface area contributed by atoms with Crippen molar-refractivity contribution in [1.82, 2.24) is 19.6 Å². The Kier molecular flexibility index (Phi) is 5.45. The maximum Gasteiger partial charge on any atom is 0.250 e. The summed E-state index contributed by atoms with van der Waals surface area (Å²) in [6.45, 7) is 1.59. The molecule has 8 nitrogen and oxygen atoms in total. The normalized spacial score (nSPS) is 16.7. The van der Waals surface area contributed by atoms with Gasteiger partial charge < -0.3 is 5.32 Å². The number of nitrogens with one attached hydrogen (secondary N) is 1. The van der Waals surface area contributed by atoms with E-state index in [0.29, 0.717) is 18.2 Å². The summed E-state index contributed by atoms with van der Waals surface area (Å²) in [5, 5.41) is 11.2. The van der Waals surface area contributed by atoms with Crippen LogP contribution in [0.2, 0.25) is 0 Å². The molecule has 1 N–H and O–H groups in total. The fourth-order valence-electron chi connectivity index (χ4n) is 3.41. The highest BCUT2D eigenvalue weighted by atomic mass is 32.2. The molecule has 0 unspecified atom stereocenters. The molecule has 1 aliphatic carbocycles. The van der Waals surface area contributed by atoms with E-state index in [1.165, 1.54) is 29.9 Å². The second kappa shape index (κ2) is 7.61. The fourth-order valence-corrected chi connectivity index (χ4v) is 4.22. The van der Waals surface area contributed by atoms with E-state index in [-0.39, 0.29) is 16.6 Å². The van der Waals surface area contributed by atoms with Crippen molar-refractivity contribution in [2.24, 2.45) is 13.0 Å². The first-order valence-corrected chi connectivity index (χ1v) is 10.6. The van der Waals surface area contributed by atoms with E-state index in [1.54, 1.807) is 30.9 Å². The van der Waals surface area contributed by atoms with Crippen LogP contribution < -0.4 is 5.32 Å². The molecule has 9 heteroatoms. The van der Waals surface area contributed by atoms with E-state index in [2.05, 4.69) is 15.5 Å². The number of aryl methyl sites for hydroxylation is 1. The molecule has 26 heavy (non-hydrogen) atoms. The van der Waals surface area contributed by atoms with Crippen LogP contribution in [-0.2, 0) is 21.7 Å². The Bertz CT molecular complexity index is 865. The van der Waals surface area contributed by atoms with Crippen molar-refractivity contribution in [2.75, 3.05) is 11.1 Å². The van der Waals surface area contributed by atoms with Gasteiger partial charge in [-0.25, -0.2) is 8.42 Å². The number of amides is 1. The van der Waals surface area contributed by atoms with Crippen LogP contribution in [0, 0.1) is 5.92 Å². The van der Waals surface area contributed by atoms with E-state index in [4.69, 9.17) is 0 Å². The van der Waals surface area contributed by atoms with Crippen molar-refractivity contribution in [3.8, 4) is 0 Å². The largest absolute Gasteiger partial charge is 0.307 e. The van der Waals surface area contributed by atoms with Crippen molar-refractivity contribution < 1.29 is 13.2 Å². The van der Waals surface area contributed by atoms with E-state index < -0.39 is 15.9 Å². The van der Waals surface area contributed by atoms with Crippen LogP contribution in [0.5, 0.6) is 0 Å². The molecule has 2 aromatic heterocycles. The number of aromatic nitrogens is 4. The summed E-state index contributed by atoms with van der Waals surface area (Å²) in [6, 6.07) is 1.17. The first-order valence-electron chi connectivity index (χ1n) is 8.96. The van der Waals surface area contributed by atoms with Crippen LogP contribution in [0.3, 0.4) is 0 Å². The van der Waals surface area contributed by atoms with Crippen molar-refractivity contribution >= 4 is 21.6 Å². The van der Waals surface area contributed by atoms with Crippen LogP contribution in [0.15, 0.2) is 29.6 Å². The zero-order valence-electron chi connectivity index (χ0n) is 15.1. The van der Waals surface area contributed by atoms with Gasteiger partial charge in [-0.3, -0.25) is 14.2 Å². The number of nitrogens with zero attached hydrogens (tertiary/aromatic N) is 4. The Labute approximate surface area is 153 Å². The van der Waals surface area contributed by atoms with Gasteiger partial charge in [0.25, 0.3) is 0 Å². The summed E-state index contributed by atoms with van der Waals surface area (Å²) in [7, 11) is -1.57. The zero-order chi connectivity index (χ0) is 18.7. The number of anilines is 1. The van der Waals surface area contributed by atoms with E-state index in [9.17, 15) is 13.2 Å². The Hall–Kier alpha value is -2.16. The first kappa shape index (κ1) is 18.6. The van der Waals surface area contributed by atoms with Crippen LogP contribution in [0.4, 0.5) is 5.82 Å². The van der Waals surface area contributed by atoms with E-state index >= 15 is 0 Å². The Morgan fingerprint density at radius 2 is 2.12 bits per heavy atom. The van der Waals surface area contributed by atoms with Crippen molar-refractivity contribution in [3.63, 3.8) is 0 Å². The minimum absolute atomic E-state index is 0.00607. The van der Waals surface area contributed by atoms with Crippen LogP contribution >= 0.6 is 0 Å². The summed E-state index contributed by atoms with van der Waals surface area (Å²) >= 11 is 0. The van der Waals surface area contributed by atoms with Gasteiger partial charge in [-0.15, -0.1) is 0 Å². The van der Waals surface area contributed by atoms with Crippen LogP contribution in [0.1, 0.15) is 45.1 Å². The number of carbonyl (C=O) groups is 1. The molecule has 142 valence electrons. The number of hydrogen-bond donors (Lipinski definition) is 1. The predicted octanol–water partition coefficient (Wildman–Crippen LogP) is 2.17. The molecular formula is C17H25N5O3S. The average molecular weight is 379 g/mol. The second-order valence-electron chi connectivity index (χ2n) is 6.83. The maximum absolute atomic E-state index is 12.9. The molecule has 0 aromatic carbocycles. The smallest absolute Gasteiger partial charge is 0.250 e. The number of sulfone groups is 1. The molecule has 0 bridgehead atoms. The summed E-state index contributed by atoms with van der Waals surface area (Å²) in [4.78, 5) is 13.0. The molecule has 0 radical (unpaired) electrons. The molecule has 2 heterocycles. The third kappa shape index (κ3) is 4.14. The van der Waals surface area contributed by atoms with E-state index in [1.807, 2.05) is 0 Å². The highest BCUT2D eigenvalue weighted by Gasteiger charge is 2.28. The van der Waals surface area contributed by atoms with Gasteiger partial charge in [-0.1, -0.05) is 32.6 Å². The standard InChI is InChI=1S/C17H25N5O3S/c1-3-26(24,25)14-11-18-22(12-14)15(10-13-6-4-5-7-13)17(23)19-16-8-9-21(2)20-16/h8-9,11-13,15H,3-7,10H2,1-2H3,(H,19,20,23)/t15-/m0/s1. The predicted molar refractivity (Wildman–Crippen MR) is 97.4 cm³/mol. The maximum atomic E-state index is 12.9. The molecule has 3 rings (SSSR count). The molecule has 1 amide bonds. The van der Waals surface area contributed by atoms with Gasteiger partial charge in [0, 0.05) is 25.5 Å². The number of rotatable bonds is 7. The Morgan fingerprint density at radius 3 is 2.73 bits per heavy atom. The number of carbonyl (C=O) groups excluding carboxylic acids is 1. The average Bonchev–Trinajstić information content (AvgIpc) is 3.34. The lowest BCUT2D eigenvalue weighted by Crippen LogP contribution is -2.28. The minimum atomic E-state index is -3.35. The molecular weight excluding hydrogens is 354 g/mol. The monoisotopic (exact) mass is 379 g/mol. The lowest BCUT2D eigenvalue weighted by molar-refractivity contribution is -0.120. The van der Waals surface area contributed by atoms with Gasteiger partial charge in [0.2, 0.25) is 5.91 Å². The Balaban J connectivity index is 1.83. The lowest BCUT2D eigenvalue weighted by Gasteiger charge is -2.20. The van der Waals surface area contributed by atoms with Gasteiger partial charge in [-0.2, -0.15) is 10.2 Å². The minimum Gasteiger partial charge on any atom is -0.307 e. The molecule has 2 aromatic rings. The summed E-state index contributed by atoms with van der Waals surface area (Å²) < 4.78 is 27.3. The van der Waals surface area contributed by atoms with Crippen molar-refractivity contribution in [2.45, 2.75) is 50.0 Å². The highest BCUT2D eigenvalue weighted by molar-refractivity contribution is 7.91. The zero-order valence-corrected chi connectivity index (χ0v) is 15.9. The molecule has 1 fully saturated rings. The van der Waals surface area contributed by atoms with Gasteiger partial charge >= 0.3 is 0 Å². The van der Waals surface area contributed by atoms with Crippen molar-refractivity contribution in [1.29, 1.82) is 0 Å². The molecule has 0 saturated heterocycles. The van der Waals surface area contributed by atoms with Gasteiger partial charge in [-0.05, 0) is 12.3 Å². The van der Waals surface area contributed by atoms with E-state index in [0.717, 1.165) is 12.8 Å². The lowest BCUT2D eigenvalue weighted by atomic mass is 9.98. The Morgan fingerprint density at radius 1 is 1.38 bits per heavy atom. The van der Waals surface area contributed by atoms with Crippen LogP contribution in [0.25, 0.3) is 0 Å². The van der Waals surface area contributed by atoms with Gasteiger partial charge in [0.05, 0.1) is 11.9 Å². The van der Waals surface area contributed by atoms with Crippen molar-refractivity contribution in [3.05, 3.63) is 24.7 Å². The summed E-state index contributed by atoms with van der Waals surface area (Å²) in [6.07, 6.45) is 9.73. The quantitative estimate of drug-likeness (QED) is 0.795. The topological polar surface area (TPSA) is 98.9 Å².